The Balaban J connectivity index is 1.81. The van der Waals surface area contributed by atoms with Gasteiger partial charge in [0.2, 0.25) is 5.91 Å². The van der Waals surface area contributed by atoms with Crippen molar-refractivity contribution in [3.8, 4) is 0 Å². The zero-order valence-electron chi connectivity index (χ0n) is 14.2. The molecule has 5 heteroatoms. The molecular weight excluding hydrogens is 290 g/mol. The van der Waals surface area contributed by atoms with E-state index in [-0.39, 0.29) is 11.8 Å². The highest BCUT2D eigenvalue weighted by atomic mass is 16.2. The highest BCUT2D eigenvalue weighted by Crippen LogP contribution is 2.13. The maximum absolute atomic E-state index is 12.1. The van der Waals surface area contributed by atoms with Gasteiger partial charge in [-0.05, 0) is 37.1 Å². The van der Waals surface area contributed by atoms with Gasteiger partial charge < -0.3 is 16.0 Å². The molecule has 5 nitrogen and oxygen atoms in total. The normalized spacial score (nSPS) is 17.8. The number of rotatable bonds is 5. The fourth-order valence-corrected chi connectivity index (χ4v) is 2.47. The second-order valence-corrected chi connectivity index (χ2v) is 7.13. The molecule has 1 heterocycles. The summed E-state index contributed by atoms with van der Waals surface area (Å²) in [6, 6.07) is 7.76. The smallest absolute Gasteiger partial charge is 0.251 e. The van der Waals surface area contributed by atoms with E-state index in [0.717, 1.165) is 18.5 Å². The fourth-order valence-electron chi connectivity index (χ4n) is 2.47. The molecule has 0 spiro atoms. The van der Waals surface area contributed by atoms with Gasteiger partial charge in [-0.3, -0.25) is 9.59 Å². The van der Waals surface area contributed by atoms with Gasteiger partial charge in [-0.15, -0.1) is 0 Å². The molecular formula is C18H27N3O2. The number of hydrogen-bond acceptors (Lipinski definition) is 3. The minimum atomic E-state index is -0.395. The summed E-state index contributed by atoms with van der Waals surface area (Å²) in [4.78, 5) is 23.9. The van der Waals surface area contributed by atoms with Crippen LogP contribution in [0.4, 0.5) is 0 Å². The maximum atomic E-state index is 12.1. The van der Waals surface area contributed by atoms with Crippen LogP contribution in [0.25, 0.3) is 0 Å². The van der Waals surface area contributed by atoms with Crippen LogP contribution in [0.3, 0.4) is 0 Å². The first kappa shape index (κ1) is 17.5. The summed E-state index contributed by atoms with van der Waals surface area (Å²) in [6.07, 6.45) is 2.29. The lowest BCUT2D eigenvalue weighted by Crippen LogP contribution is -2.37. The molecule has 1 fully saturated rings. The van der Waals surface area contributed by atoms with Gasteiger partial charge in [0.25, 0.3) is 5.91 Å². The molecule has 23 heavy (non-hydrogen) atoms. The van der Waals surface area contributed by atoms with E-state index in [0.29, 0.717) is 24.7 Å². The van der Waals surface area contributed by atoms with Gasteiger partial charge in [0.1, 0.15) is 0 Å². The van der Waals surface area contributed by atoms with Crippen molar-refractivity contribution in [1.82, 2.24) is 16.0 Å². The highest BCUT2D eigenvalue weighted by molar-refractivity contribution is 5.94. The molecule has 126 valence electrons. The fraction of sp³-hybridized carbons (Fsp3) is 0.556. The third kappa shape index (κ3) is 5.36. The molecule has 2 amide bonds. The van der Waals surface area contributed by atoms with E-state index in [4.69, 9.17) is 0 Å². The van der Waals surface area contributed by atoms with Crippen LogP contribution in [0.5, 0.6) is 0 Å². The van der Waals surface area contributed by atoms with Crippen molar-refractivity contribution in [2.75, 3.05) is 13.1 Å². The van der Waals surface area contributed by atoms with Gasteiger partial charge in [-0.1, -0.05) is 32.9 Å². The van der Waals surface area contributed by atoms with Crippen molar-refractivity contribution in [2.45, 2.75) is 46.2 Å². The van der Waals surface area contributed by atoms with Crippen molar-refractivity contribution in [2.24, 2.45) is 5.41 Å². The Morgan fingerprint density at radius 3 is 2.43 bits per heavy atom. The molecule has 1 saturated heterocycles. The maximum Gasteiger partial charge on any atom is 0.251 e. The van der Waals surface area contributed by atoms with Crippen molar-refractivity contribution in [1.29, 1.82) is 0 Å². The van der Waals surface area contributed by atoms with Crippen molar-refractivity contribution < 1.29 is 9.59 Å². The van der Waals surface area contributed by atoms with Crippen LogP contribution in [0, 0.1) is 5.41 Å². The average molecular weight is 317 g/mol. The number of nitrogens with one attached hydrogen (secondary N) is 3. The Kier molecular flexibility index (Phi) is 5.77. The van der Waals surface area contributed by atoms with E-state index in [9.17, 15) is 9.59 Å². The van der Waals surface area contributed by atoms with Gasteiger partial charge >= 0.3 is 0 Å². The number of carbonyl (C=O) groups is 2. The van der Waals surface area contributed by atoms with E-state index >= 15 is 0 Å². The number of amides is 2. The molecule has 1 aliphatic heterocycles. The Labute approximate surface area is 138 Å². The molecule has 1 aromatic rings. The Morgan fingerprint density at radius 2 is 1.87 bits per heavy atom. The van der Waals surface area contributed by atoms with Gasteiger partial charge in [-0.25, -0.2) is 0 Å². The summed E-state index contributed by atoms with van der Waals surface area (Å²) in [7, 11) is 0. The summed E-state index contributed by atoms with van der Waals surface area (Å²) in [5.74, 6) is -0.0349. The summed E-state index contributed by atoms with van der Waals surface area (Å²) >= 11 is 0. The van der Waals surface area contributed by atoms with Crippen LogP contribution in [0.15, 0.2) is 24.3 Å². The monoisotopic (exact) mass is 317 g/mol. The second kappa shape index (κ2) is 7.59. The summed E-state index contributed by atoms with van der Waals surface area (Å²) in [5, 5.41) is 9.22. The summed E-state index contributed by atoms with van der Waals surface area (Å²) in [6.45, 7) is 7.83. The molecule has 2 rings (SSSR count). The topological polar surface area (TPSA) is 70.2 Å². The number of hydrogen-bond donors (Lipinski definition) is 3. The van der Waals surface area contributed by atoms with Crippen LogP contribution in [-0.4, -0.2) is 30.9 Å². The first-order valence-electron chi connectivity index (χ1n) is 8.25. The van der Waals surface area contributed by atoms with Crippen LogP contribution in [0.1, 0.15) is 49.5 Å². The molecule has 0 radical (unpaired) electrons. The lowest BCUT2D eigenvalue weighted by molar-refractivity contribution is -0.128. The van der Waals surface area contributed by atoms with Crippen LogP contribution < -0.4 is 16.0 Å². The molecule has 3 N–H and O–H groups in total. The van der Waals surface area contributed by atoms with Gasteiger partial charge in [0, 0.05) is 30.1 Å². The van der Waals surface area contributed by atoms with Gasteiger partial charge in [0.15, 0.2) is 0 Å². The van der Waals surface area contributed by atoms with Gasteiger partial charge in [0.05, 0.1) is 0 Å². The molecule has 1 atom stereocenters. The molecule has 0 aromatic heterocycles. The zero-order valence-corrected chi connectivity index (χ0v) is 14.2. The third-order valence-corrected chi connectivity index (χ3v) is 4.02. The number of benzene rings is 1. The minimum absolute atomic E-state index is 0.0170. The SMILES string of the molecule is CC(C)(C)C(=O)NCc1ccc(C(=O)NCC2CCCN2)cc1. The zero-order chi connectivity index (χ0) is 16.9. The van der Waals surface area contributed by atoms with E-state index in [1.54, 1.807) is 12.1 Å². The molecule has 1 aliphatic rings. The number of carbonyl (C=O) groups excluding carboxylic acids is 2. The standard InChI is InChI=1S/C18H27N3O2/c1-18(2,3)17(23)21-11-13-6-8-14(9-7-13)16(22)20-12-15-5-4-10-19-15/h6-9,15,19H,4-5,10-12H2,1-3H3,(H,20,22)(H,21,23). The first-order chi connectivity index (χ1) is 10.9. The van der Waals surface area contributed by atoms with Crippen molar-refractivity contribution in [3.05, 3.63) is 35.4 Å². The molecule has 1 aromatic carbocycles. The Morgan fingerprint density at radius 1 is 1.17 bits per heavy atom. The molecule has 0 aliphatic carbocycles. The highest BCUT2D eigenvalue weighted by Gasteiger charge is 2.20. The van der Waals surface area contributed by atoms with E-state index < -0.39 is 5.41 Å². The van der Waals surface area contributed by atoms with Gasteiger partial charge in [-0.2, -0.15) is 0 Å². The lowest BCUT2D eigenvalue weighted by Gasteiger charge is -2.17. The predicted molar refractivity (Wildman–Crippen MR) is 91.1 cm³/mol. The van der Waals surface area contributed by atoms with E-state index in [2.05, 4.69) is 16.0 Å². The van der Waals surface area contributed by atoms with Crippen LogP contribution in [-0.2, 0) is 11.3 Å². The predicted octanol–water partition coefficient (Wildman–Crippen LogP) is 1.83. The summed E-state index contributed by atoms with van der Waals surface area (Å²) in [5.41, 5.74) is 1.24. The van der Waals surface area contributed by atoms with Crippen LogP contribution in [0.2, 0.25) is 0 Å². The minimum Gasteiger partial charge on any atom is -0.352 e. The average Bonchev–Trinajstić information content (AvgIpc) is 3.03. The summed E-state index contributed by atoms with van der Waals surface area (Å²) < 4.78 is 0. The Bertz CT molecular complexity index is 540. The van der Waals surface area contributed by atoms with E-state index in [1.807, 2.05) is 32.9 Å². The second-order valence-electron chi connectivity index (χ2n) is 7.13. The quantitative estimate of drug-likeness (QED) is 0.776. The molecule has 0 bridgehead atoms. The largest absolute Gasteiger partial charge is 0.352 e. The third-order valence-electron chi connectivity index (χ3n) is 4.02. The van der Waals surface area contributed by atoms with Crippen molar-refractivity contribution >= 4 is 11.8 Å². The van der Waals surface area contributed by atoms with Crippen molar-refractivity contribution in [3.63, 3.8) is 0 Å². The first-order valence-corrected chi connectivity index (χ1v) is 8.25. The Hall–Kier alpha value is -1.88. The molecule has 0 saturated carbocycles. The molecule has 1 unspecified atom stereocenters. The van der Waals surface area contributed by atoms with Crippen LogP contribution >= 0.6 is 0 Å². The lowest BCUT2D eigenvalue weighted by atomic mass is 9.95. The van der Waals surface area contributed by atoms with E-state index in [1.165, 1.54) is 6.42 Å².